The third-order valence-corrected chi connectivity index (χ3v) is 2.87. The van der Waals surface area contributed by atoms with Gasteiger partial charge in [-0.3, -0.25) is 4.79 Å². The molecule has 0 aliphatic heterocycles. The standard InChI is InChI=1S/C13H18N4O/c1-3-15-12(18)6-7-17-11-8-9(2)4-5-10(11)16-13(17)14/h4-5,8H,3,6-7H2,1-2H3,(H2,14,16)(H,15,18). The Hall–Kier alpha value is -2.04. The predicted octanol–water partition coefficient (Wildman–Crippen LogP) is 1.45. The van der Waals surface area contributed by atoms with Gasteiger partial charge in [0.15, 0.2) is 0 Å². The van der Waals surface area contributed by atoms with Gasteiger partial charge in [-0.15, -0.1) is 0 Å². The lowest BCUT2D eigenvalue weighted by molar-refractivity contribution is -0.121. The summed E-state index contributed by atoms with van der Waals surface area (Å²) in [6.07, 6.45) is 0.414. The van der Waals surface area contributed by atoms with Crippen LogP contribution in [0.5, 0.6) is 0 Å². The summed E-state index contributed by atoms with van der Waals surface area (Å²) in [5, 5.41) is 2.77. The molecule has 0 saturated carbocycles. The van der Waals surface area contributed by atoms with E-state index >= 15 is 0 Å². The van der Waals surface area contributed by atoms with E-state index in [2.05, 4.69) is 10.3 Å². The number of nitrogens with two attached hydrogens (primary N) is 1. The van der Waals surface area contributed by atoms with Crippen LogP contribution in [0.4, 0.5) is 5.95 Å². The quantitative estimate of drug-likeness (QED) is 0.857. The molecule has 0 aliphatic carbocycles. The van der Waals surface area contributed by atoms with Crippen molar-refractivity contribution < 1.29 is 4.79 Å². The molecule has 0 atom stereocenters. The molecule has 18 heavy (non-hydrogen) atoms. The first-order valence-corrected chi connectivity index (χ1v) is 6.11. The molecule has 0 saturated heterocycles. The third kappa shape index (κ3) is 2.45. The number of carbonyl (C=O) groups is 1. The van der Waals surface area contributed by atoms with Gasteiger partial charge in [-0.1, -0.05) is 6.07 Å². The lowest BCUT2D eigenvalue weighted by Gasteiger charge is -2.06. The van der Waals surface area contributed by atoms with E-state index in [0.717, 1.165) is 16.6 Å². The smallest absolute Gasteiger partial charge is 0.221 e. The molecule has 0 fully saturated rings. The molecule has 1 aromatic heterocycles. The first-order chi connectivity index (χ1) is 8.61. The topological polar surface area (TPSA) is 72.9 Å². The molecule has 96 valence electrons. The van der Waals surface area contributed by atoms with E-state index < -0.39 is 0 Å². The molecule has 0 aliphatic rings. The minimum absolute atomic E-state index is 0.0337. The number of fused-ring (bicyclic) bond motifs is 1. The van der Waals surface area contributed by atoms with Crippen molar-refractivity contribution in [2.75, 3.05) is 12.3 Å². The Kier molecular flexibility index (Phi) is 3.50. The van der Waals surface area contributed by atoms with Crippen molar-refractivity contribution in [3.63, 3.8) is 0 Å². The van der Waals surface area contributed by atoms with Gasteiger partial charge in [-0.05, 0) is 31.5 Å². The average Bonchev–Trinajstić information content (AvgIpc) is 2.62. The molecule has 3 N–H and O–H groups in total. The van der Waals surface area contributed by atoms with E-state index in [0.29, 0.717) is 25.5 Å². The molecule has 5 heteroatoms. The maximum atomic E-state index is 11.5. The van der Waals surface area contributed by atoms with Crippen LogP contribution >= 0.6 is 0 Å². The first-order valence-electron chi connectivity index (χ1n) is 6.11. The Morgan fingerprint density at radius 1 is 1.50 bits per heavy atom. The number of nitrogen functional groups attached to an aromatic ring is 1. The van der Waals surface area contributed by atoms with Crippen molar-refractivity contribution in [1.29, 1.82) is 0 Å². The Labute approximate surface area is 106 Å². The molecule has 5 nitrogen and oxygen atoms in total. The van der Waals surface area contributed by atoms with Gasteiger partial charge in [0.25, 0.3) is 0 Å². The Morgan fingerprint density at radius 3 is 3.00 bits per heavy atom. The van der Waals surface area contributed by atoms with Crippen molar-refractivity contribution in [3.8, 4) is 0 Å². The molecule has 0 unspecified atom stereocenters. The second-order valence-corrected chi connectivity index (χ2v) is 4.32. The zero-order valence-electron chi connectivity index (χ0n) is 10.7. The minimum Gasteiger partial charge on any atom is -0.369 e. The highest BCUT2D eigenvalue weighted by Gasteiger charge is 2.09. The van der Waals surface area contributed by atoms with Crippen LogP contribution in [-0.2, 0) is 11.3 Å². The first kappa shape index (κ1) is 12.4. The van der Waals surface area contributed by atoms with E-state index in [1.54, 1.807) is 0 Å². The molecule has 2 rings (SSSR count). The van der Waals surface area contributed by atoms with E-state index in [9.17, 15) is 4.79 Å². The van der Waals surface area contributed by atoms with Crippen LogP contribution in [0.2, 0.25) is 0 Å². The fourth-order valence-corrected chi connectivity index (χ4v) is 1.99. The van der Waals surface area contributed by atoms with Gasteiger partial charge >= 0.3 is 0 Å². The van der Waals surface area contributed by atoms with Crippen molar-refractivity contribution in [1.82, 2.24) is 14.9 Å². The number of aromatic nitrogens is 2. The number of rotatable bonds is 4. The Morgan fingerprint density at radius 2 is 2.28 bits per heavy atom. The SMILES string of the molecule is CCNC(=O)CCn1c(N)nc2ccc(C)cc21. The number of hydrogen-bond donors (Lipinski definition) is 2. The van der Waals surface area contributed by atoms with Crippen LogP contribution in [0.15, 0.2) is 18.2 Å². The van der Waals surface area contributed by atoms with Crippen LogP contribution < -0.4 is 11.1 Å². The number of benzene rings is 1. The number of amides is 1. The summed E-state index contributed by atoms with van der Waals surface area (Å²) in [6.45, 7) is 5.13. The second-order valence-electron chi connectivity index (χ2n) is 4.32. The Bertz CT molecular complexity index is 574. The maximum Gasteiger partial charge on any atom is 0.221 e. The summed E-state index contributed by atoms with van der Waals surface area (Å²) in [4.78, 5) is 15.8. The highest BCUT2D eigenvalue weighted by molar-refractivity contribution is 5.80. The van der Waals surface area contributed by atoms with Crippen LogP contribution in [0.25, 0.3) is 11.0 Å². The van der Waals surface area contributed by atoms with E-state index in [4.69, 9.17) is 5.73 Å². The zero-order valence-corrected chi connectivity index (χ0v) is 10.7. The fraction of sp³-hybridized carbons (Fsp3) is 0.385. The fourth-order valence-electron chi connectivity index (χ4n) is 1.99. The predicted molar refractivity (Wildman–Crippen MR) is 72.2 cm³/mol. The number of carbonyl (C=O) groups excluding carboxylic acids is 1. The van der Waals surface area contributed by atoms with Crippen LogP contribution in [0, 0.1) is 6.92 Å². The summed E-state index contributed by atoms with van der Waals surface area (Å²) in [5.74, 6) is 0.492. The van der Waals surface area contributed by atoms with Gasteiger partial charge in [0.2, 0.25) is 11.9 Å². The van der Waals surface area contributed by atoms with Crippen molar-refractivity contribution in [2.45, 2.75) is 26.8 Å². The van der Waals surface area contributed by atoms with Crippen molar-refractivity contribution >= 4 is 22.9 Å². The van der Waals surface area contributed by atoms with Gasteiger partial charge in [0, 0.05) is 19.5 Å². The van der Waals surface area contributed by atoms with Gasteiger partial charge in [0.1, 0.15) is 0 Å². The number of aryl methyl sites for hydroxylation is 2. The molecule has 0 bridgehead atoms. The number of imidazole rings is 1. The van der Waals surface area contributed by atoms with Crippen LogP contribution in [-0.4, -0.2) is 22.0 Å². The van der Waals surface area contributed by atoms with Gasteiger partial charge in [0.05, 0.1) is 11.0 Å². The number of nitrogens with zero attached hydrogens (tertiary/aromatic N) is 2. The van der Waals surface area contributed by atoms with Crippen LogP contribution in [0.3, 0.4) is 0 Å². The monoisotopic (exact) mass is 246 g/mol. The molecule has 1 heterocycles. The molecular formula is C13H18N4O. The summed E-state index contributed by atoms with van der Waals surface area (Å²) in [5.41, 5.74) is 8.89. The Balaban J connectivity index is 2.24. The van der Waals surface area contributed by atoms with Crippen molar-refractivity contribution in [3.05, 3.63) is 23.8 Å². The molecule has 1 amide bonds. The van der Waals surface area contributed by atoms with Crippen LogP contribution in [0.1, 0.15) is 18.9 Å². The van der Waals surface area contributed by atoms with Gasteiger partial charge in [-0.25, -0.2) is 4.98 Å². The largest absolute Gasteiger partial charge is 0.369 e. The molecule has 2 aromatic rings. The van der Waals surface area contributed by atoms with E-state index in [-0.39, 0.29) is 5.91 Å². The maximum absolute atomic E-state index is 11.5. The normalized spacial score (nSPS) is 10.8. The number of hydrogen-bond acceptors (Lipinski definition) is 3. The average molecular weight is 246 g/mol. The lowest BCUT2D eigenvalue weighted by atomic mass is 10.2. The molecule has 0 radical (unpaired) electrons. The summed E-state index contributed by atoms with van der Waals surface area (Å²) < 4.78 is 1.89. The number of nitrogens with one attached hydrogen (secondary N) is 1. The lowest BCUT2D eigenvalue weighted by Crippen LogP contribution is -2.24. The zero-order chi connectivity index (χ0) is 13.1. The summed E-state index contributed by atoms with van der Waals surface area (Å²) >= 11 is 0. The van der Waals surface area contributed by atoms with E-state index in [1.807, 2.05) is 36.6 Å². The molecular weight excluding hydrogens is 228 g/mol. The van der Waals surface area contributed by atoms with Gasteiger partial charge < -0.3 is 15.6 Å². The summed E-state index contributed by atoms with van der Waals surface area (Å²) in [7, 11) is 0. The third-order valence-electron chi connectivity index (χ3n) is 2.87. The molecule has 1 aromatic carbocycles. The van der Waals surface area contributed by atoms with Gasteiger partial charge in [-0.2, -0.15) is 0 Å². The molecule has 0 spiro atoms. The minimum atomic E-state index is 0.0337. The van der Waals surface area contributed by atoms with E-state index in [1.165, 1.54) is 0 Å². The van der Waals surface area contributed by atoms with Crippen molar-refractivity contribution in [2.24, 2.45) is 0 Å². The highest BCUT2D eigenvalue weighted by Crippen LogP contribution is 2.19. The number of anilines is 1. The highest BCUT2D eigenvalue weighted by atomic mass is 16.1. The second kappa shape index (κ2) is 5.08. The summed E-state index contributed by atoms with van der Waals surface area (Å²) in [6, 6.07) is 5.99.